The lowest BCUT2D eigenvalue weighted by Crippen LogP contribution is -2.54. The third-order valence-corrected chi connectivity index (χ3v) is 8.78. The molecule has 5 rings (SSSR count). The van der Waals surface area contributed by atoms with E-state index in [9.17, 15) is 4.79 Å². The molecule has 0 bridgehead atoms. The number of carbonyl (C=O) groups excluding carboxylic acids is 1. The van der Waals surface area contributed by atoms with Gasteiger partial charge >= 0.3 is 0 Å². The molecule has 0 saturated heterocycles. The maximum atomic E-state index is 14.6. The minimum Gasteiger partial charge on any atom is -0.496 e. The van der Waals surface area contributed by atoms with Crippen LogP contribution in [0.2, 0.25) is 0 Å². The van der Waals surface area contributed by atoms with Crippen LogP contribution in [0.5, 0.6) is 11.5 Å². The second-order valence-corrected chi connectivity index (χ2v) is 11.9. The maximum absolute atomic E-state index is 14.6. The minimum atomic E-state index is -1.47. The lowest BCUT2D eigenvalue weighted by molar-refractivity contribution is -0.130. The summed E-state index contributed by atoms with van der Waals surface area (Å²) in [6.45, 7) is 0.940. The Morgan fingerprint density at radius 1 is 1.02 bits per heavy atom. The van der Waals surface area contributed by atoms with Gasteiger partial charge in [-0.05, 0) is 70.6 Å². The zero-order chi connectivity index (χ0) is 33.8. The zero-order valence-corrected chi connectivity index (χ0v) is 28.1. The Morgan fingerprint density at radius 2 is 1.73 bits per heavy atom. The Balaban J connectivity index is 1.53. The molecule has 1 amide bonds. The van der Waals surface area contributed by atoms with Gasteiger partial charge in [0.25, 0.3) is 5.91 Å². The standard InChI is InChI=1S/C36H37BrN6O5/c1-46-32-14-7-4-9-25(32)19-20-39-42-35(45)36(23-27-10-3-6-13-31(27)37)33(30-12-5-2-11-28(30)24-40-43-38)48-34(41-36)26-15-17-29(18-16-26)47-22-8-21-44/h2-7,9-18,33,39,44H,8,19-24H2,1H3,(H,42,45)/t33-,36-/m0/s1. The van der Waals surface area contributed by atoms with Crippen LogP contribution >= 0.6 is 15.9 Å². The van der Waals surface area contributed by atoms with Gasteiger partial charge in [-0.2, -0.15) is 0 Å². The SMILES string of the molecule is COc1ccccc1CCNNC(=O)[C@@]1(Cc2ccccc2Br)N=C(c2ccc(OCCCO)cc2)O[C@H]1c1ccccc1CN=[N+]=[N-]. The molecule has 0 unspecified atom stereocenters. The van der Waals surface area contributed by atoms with Crippen LogP contribution in [0.4, 0.5) is 0 Å². The van der Waals surface area contributed by atoms with Crippen molar-refractivity contribution in [3.8, 4) is 11.5 Å². The quantitative estimate of drug-likeness (QED) is 0.0403. The fourth-order valence-electron chi connectivity index (χ4n) is 5.59. The van der Waals surface area contributed by atoms with E-state index in [-0.39, 0.29) is 31.4 Å². The van der Waals surface area contributed by atoms with Gasteiger partial charge < -0.3 is 19.3 Å². The summed E-state index contributed by atoms with van der Waals surface area (Å²) >= 11 is 3.67. The smallest absolute Gasteiger partial charge is 0.266 e. The topological polar surface area (TPSA) is 150 Å². The number of halogens is 1. The molecule has 1 heterocycles. The number of aliphatic imine (C=N–C) groups is 1. The molecular formula is C36H37BrN6O5. The van der Waals surface area contributed by atoms with Gasteiger partial charge in [-0.3, -0.25) is 10.2 Å². The molecule has 248 valence electrons. The molecule has 0 fully saturated rings. The van der Waals surface area contributed by atoms with Crippen LogP contribution < -0.4 is 20.3 Å². The summed E-state index contributed by atoms with van der Waals surface area (Å²) in [6, 6.07) is 30.2. The molecule has 2 atom stereocenters. The summed E-state index contributed by atoms with van der Waals surface area (Å²) in [5.41, 5.74) is 17.6. The number of nitrogens with zero attached hydrogens (tertiary/aromatic N) is 4. The summed E-state index contributed by atoms with van der Waals surface area (Å²) in [6.07, 6.45) is 0.452. The molecule has 0 spiro atoms. The summed E-state index contributed by atoms with van der Waals surface area (Å²) in [7, 11) is 1.63. The van der Waals surface area contributed by atoms with Gasteiger partial charge in [-0.15, -0.1) is 0 Å². The van der Waals surface area contributed by atoms with Crippen LogP contribution in [-0.2, 0) is 28.9 Å². The average Bonchev–Trinajstić information content (AvgIpc) is 3.51. The Morgan fingerprint density at radius 3 is 2.46 bits per heavy atom. The van der Waals surface area contributed by atoms with Crippen molar-refractivity contribution in [2.24, 2.45) is 10.1 Å². The number of carbonyl (C=O) groups is 1. The van der Waals surface area contributed by atoms with E-state index in [1.165, 1.54) is 0 Å². The van der Waals surface area contributed by atoms with Crippen molar-refractivity contribution in [2.75, 3.05) is 26.9 Å². The molecule has 0 aromatic heterocycles. The Kier molecular flexibility index (Phi) is 12.1. The fourth-order valence-corrected chi connectivity index (χ4v) is 6.02. The molecule has 1 aliphatic heterocycles. The van der Waals surface area contributed by atoms with E-state index in [4.69, 9.17) is 29.8 Å². The number of aliphatic hydroxyl groups is 1. The minimum absolute atomic E-state index is 0.0439. The molecule has 48 heavy (non-hydrogen) atoms. The number of aliphatic hydroxyl groups excluding tert-OH is 1. The van der Waals surface area contributed by atoms with Gasteiger partial charge in [0.15, 0.2) is 11.6 Å². The van der Waals surface area contributed by atoms with Gasteiger partial charge in [-0.25, -0.2) is 10.4 Å². The third-order valence-electron chi connectivity index (χ3n) is 8.00. The lowest BCUT2D eigenvalue weighted by atomic mass is 9.80. The van der Waals surface area contributed by atoms with Gasteiger partial charge in [0.1, 0.15) is 11.5 Å². The van der Waals surface area contributed by atoms with Crippen LogP contribution in [0.1, 0.15) is 40.3 Å². The first-order valence-electron chi connectivity index (χ1n) is 15.6. The molecule has 0 radical (unpaired) electrons. The first-order chi connectivity index (χ1) is 23.5. The number of hydrazine groups is 1. The summed E-state index contributed by atoms with van der Waals surface area (Å²) < 4.78 is 18.7. The lowest BCUT2D eigenvalue weighted by Gasteiger charge is -2.32. The number of hydrogen-bond donors (Lipinski definition) is 3. The van der Waals surface area contributed by atoms with Crippen molar-refractivity contribution in [3.05, 3.63) is 140 Å². The van der Waals surface area contributed by atoms with E-state index in [2.05, 4.69) is 36.8 Å². The molecule has 4 aromatic carbocycles. The highest BCUT2D eigenvalue weighted by atomic mass is 79.9. The summed E-state index contributed by atoms with van der Waals surface area (Å²) in [5.74, 6) is 1.31. The van der Waals surface area contributed by atoms with Crippen molar-refractivity contribution in [3.63, 3.8) is 0 Å². The predicted octanol–water partition coefficient (Wildman–Crippen LogP) is 6.39. The van der Waals surface area contributed by atoms with Crippen molar-refractivity contribution in [1.82, 2.24) is 10.9 Å². The van der Waals surface area contributed by atoms with Crippen LogP contribution in [0.15, 0.2) is 112 Å². The van der Waals surface area contributed by atoms with E-state index in [0.29, 0.717) is 42.9 Å². The molecular weight excluding hydrogens is 676 g/mol. The normalized spacial score (nSPS) is 16.7. The second-order valence-electron chi connectivity index (χ2n) is 11.1. The molecule has 11 nitrogen and oxygen atoms in total. The van der Waals surface area contributed by atoms with Crippen molar-refractivity contribution < 1.29 is 24.1 Å². The molecule has 3 N–H and O–H groups in total. The third kappa shape index (κ3) is 8.15. The largest absolute Gasteiger partial charge is 0.496 e. The number of benzene rings is 4. The fraction of sp³-hybridized carbons (Fsp3) is 0.278. The van der Waals surface area contributed by atoms with E-state index < -0.39 is 11.6 Å². The molecule has 0 aliphatic carbocycles. The van der Waals surface area contributed by atoms with Crippen molar-refractivity contribution in [1.29, 1.82) is 0 Å². The van der Waals surface area contributed by atoms with Crippen LogP contribution in [0.25, 0.3) is 10.4 Å². The van der Waals surface area contributed by atoms with Crippen LogP contribution in [0.3, 0.4) is 0 Å². The molecule has 4 aromatic rings. The van der Waals surface area contributed by atoms with E-state index in [1.807, 2.05) is 84.9 Å². The molecule has 12 heteroatoms. The number of nitrogens with one attached hydrogen (secondary N) is 2. The van der Waals surface area contributed by atoms with Crippen molar-refractivity contribution in [2.45, 2.75) is 37.5 Å². The van der Waals surface area contributed by atoms with Gasteiger partial charge in [0.05, 0.1) is 20.3 Å². The second kappa shape index (κ2) is 16.8. The Bertz CT molecular complexity index is 1780. The van der Waals surface area contributed by atoms with E-state index in [1.54, 1.807) is 19.2 Å². The molecule has 0 saturated carbocycles. The van der Waals surface area contributed by atoms with Gasteiger partial charge in [-0.1, -0.05) is 81.7 Å². The number of hydrogen-bond acceptors (Lipinski definition) is 8. The van der Waals surface area contributed by atoms with Crippen molar-refractivity contribution >= 4 is 27.7 Å². The maximum Gasteiger partial charge on any atom is 0.266 e. The first kappa shape index (κ1) is 34.5. The summed E-state index contributed by atoms with van der Waals surface area (Å²) in [5, 5.41) is 12.9. The number of amides is 1. The predicted molar refractivity (Wildman–Crippen MR) is 187 cm³/mol. The van der Waals surface area contributed by atoms with Crippen LogP contribution in [0, 0.1) is 0 Å². The number of methoxy groups -OCH3 is 1. The average molecular weight is 714 g/mol. The highest BCUT2D eigenvalue weighted by Gasteiger charge is 2.54. The van der Waals surface area contributed by atoms with E-state index in [0.717, 1.165) is 26.9 Å². The number of azide groups is 1. The monoisotopic (exact) mass is 712 g/mol. The van der Waals surface area contributed by atoms with Crippen LogP contribution in [-0.4, -0.2) is 49.3 Å². The van der Waals surface area contributed by atoms with E-state index >= 15 is 0 Å². The number of para-hydroxylation sites is 1. The Labute approximate surface area is 287 Å². The summed E-state index contributed by atoms with van der Waals surface area (Å²) in [4.78, 5) is 22.6. The highest BCUT2D eigenvalue weighted by Crippen LogP contribution is 2.44. The Hall–Kier alpha value is -4.87. The first-order valence-corrected chi connectivity index (χ1v) is 16.4. The zero-order valence-electron chi connectivity index (χ0n) is 26.5. The van der Waals surface area contributed by atoms with Gasteiger partial charge in [0, 0.05) is 40.9 Å². The highest BCUT2D eigenvalue weighted by molar-refractivity contribution is 9.10. The number of rotatable bonds is 16. The number of ether oxygens (including phenoxy) is 3. The molecule has 1 aliphatic rings. The van der Waals surface area contributed by atoms with Gasteiger partial charge in [0.2, 0.25) is 5.90 Å².